The Balaban J connectivity index is 2.01. The third kappa shape index (κ3) is 6.16. The number of aryl methyl sites for hydroxylation is 1. The maximum atomic E-state index is 13.6. The van der Waals surface area contributed by atoms with Crippen molar-refractivity contribution in [2.75, 3.05) is 23.7 Å². The highest BCUT2D eigenvalue weighted by Gasteiger charge is 2.29. The van der Waals surface area contributed by atoms with Crippen LogP contribution < -0.4 is 14.4 Å². The van der Waals surface area contributed by atoms with E-state index in [4.69, 9.17) is 4.74 Å². The van der Waals surface area contributed by atoms with Crippen LogP contribution in [0.4, 0.5) is 14.5 Å². The van der Waals surface area contributed by atoms with E-state index < -0.39 is 33.6 Å². The number of hydrogen-bond donors (Lipinski definition) is 1. The van der Waals surface area contributed by atoms with E-state index in [1.807, 2.05) is 31.2 Å². The first kappa shape index (κ1) is 23.6. The number of carbonyl (C=O) groups is 1. The number of rotatable bonds is 10. The first-order valence-corrected chi connectivity index (χ1v) is 11.4. The van der Waals surface area contributed by atoms with Crippen molar-refractivity contribution >= 4 is 21.6 Å². The second-order valence-electron chi connectivity index (χ2n) is 6.77. The number of carbonyl (C=O) groups excluding carboxylic acids is 1. The van der Waals surface area contributed by atoms with Crippen LogP contribution in [0.5, 0.6) is 5.75 Å². The van der Waals surface area contributed by atoms with Gasteiger partial charge in [-0.2, -0.15) is 0 Å². The molecule has 0 spiro atoms. The van der Waals surface area contributed by atoms with Crippen molar-refractivity contribution in [2.45, 2.75) is 32.7 Å². The molecular formula is C21H26F2N2O4S. The largest absolute Gasteiger partial charge is 0.494 e. The van der Waals surface area contributed by atoms with Crippen LogP contribution in [0.3, 0.4) is 0 Å². The summed E-state index contributed by atoms with van der Waals surface area (Å²) in [6.07, 6.45) is 2.19. The van der Waals surface area contributed by atoms with Crippen LogP contribution in [0.15, 0.2) is 42.5 Å². The Morgan fingerprint density at radius 1 is 1.17 bits per heavy atom. The normalized spacial score (nSPS) is 12.3. The van der Waals surface area contributed by atoms with Gasteiger partial charge >= 0.3 is 0 Å². The number of para-hydroxylation sites is 1. The lowest BCUT2D eigenvalue weighted by atomic mass is 10.1. The van der Waals surface area contributed by atoms with Gasteiger partial charge in [0.05, 0.1) is 18.6 Å². The highest BCUT2D eigenvalue weighted by atomic mass is 32.2. The first-order valence-electron chi connectivity index (χ1n) is 9.58. The Bertz CT molecular complexity index is 983. The minimum atomic E-state index is -3.91. The van der Waals surface area contributed by atoms with Crippen LogP contribution in [0.2, 0.25) is 0 Å². The Morgan fingerprint density at radius 2 is 1.87 bits per heavy atom. The summed E-state index contributed by atoms with van der Waals surface area (Å²) in [5, 5.41) is 2.70. The molecule has 1 atom stereocenters. The van der Waals surface area contributed by atoms with Crippen LogP contribution >= 0.6 is 0 Å². The molecule has 0 aromatic heterocycles. The Kier molecular flexibility index (Phi) is 8.16. The zero-order valence-corrected chi connectivity index (χ0v) is 18.0. The molecule has 0 aliphatic carbocycles. The number of hydrogen-bond acceptors (Lipinski definition) is 4. The lowest BCUT2D eigenvalue weighted by Gasteiger charge is -2.28. The van der Waals surface area contributed by atoms with Gasteiger partial charge in [0.25, 0.3) is 0 Å². The van der Waals surface area contributed by atoms with Crippen molar-refractivity contribution in [1.29, 1.82) is 0 Å². The van der Waals surface area contributed by atoms with Gasteiger partial charge in [0.15, 0.2) is 11.6 Å². The number of amides is 1. The number of sulfonamides is 1. The van der Waals surface area contributed by atoms with Gasteiger partial charge in [-0.1, -0.05) is 18.2 Å². The number of benzene rings is 2. The molecule has 0 aliphatic heterocycles. The molecule has 0 saturated carbocycles. The second kappa shape index (κ2) is 10.4. The number of ether oxygens (including phenoxy) is 1. The number of halogens is 2. The third-order valence-electron chi connectivity index (χ3n) is 4.44. The van der Waals surface area contributed by atoms with Crippen LogP contribution in [-0.2, 0) is 21.2 Å². The minimum absolute atomic E-state index is 0.121. The van der Waals surface area contributed by atoms with E-state index in [9.17, 15) is 22.0 Å². The lowest BCUT2D eigenvalue weighted by molar-refractivity contribution is -0.121. The molecule has 0 aliphatic rings. The van der Waals surface area contributed by atoms with E-state index >= 15 is 0 Å². The molecule has 2 rings (SSSR count). The molecule has 1 amide bonds. The molecule has 1 unspecified atom stereocenters. The van der Waals surface area contributed by atoms with Crippen LogP contribution in [0, 0.1) is 11.6 Å². The van der Waals surface area contributed by atoms with E-state index in [0.29, 0.717) is 26.0 Å². The molecule has 2 aromatic rings. The first-order chi connectivity index (χ1) is 14.1. The van der Waals surface area contributed by atoms with Crippen molar-refractivity contribution in [2.24, 2.45) is 0 Å². The molecule has 2 aromatic carbocycles. The van der Waals surface area contributed by atoms with Gasteiger partial charge in [-0.3, -0.25) is 9.10 Å². The van der Waals surface area contributed by atoms with E-state index in [2.05, 4.69) is 5.32 Å². The number of nitrogens with one attached hydrogen (secondary N) is 1. The molecule has 164 valence electrons. The van der Waals surface area contributed by atoms with E-state index in [0.717, 1.165) is 40.1 Å². The predicted octanol–water partition coefficient (Wildman–Crippen LogP) is 3.27. The zero-order chi connectivity index (χ0) is 22.3. The molecule has 9 heteroatoms. The van der Waals surface area contributed by atoms with E-state index in [1.54, 1.807) is 0 Å². The van der Waals surface area contributed by atoms with Gasteiger partial charge in [-0.25, -0.2) is 17.2 Å². The van der Waals surface area contributed by atoms with Gasteiger partial charge < -0.3 is 10.1 Å². The van der Waals surface area contributed by atoms with Gasteiger partial charge in [0.1, 0.15) is 11.8 Å². The summed E-state index contributed by atoms with van der Waals surface area (Å²) >= 11 is 0. The molecular weight excluding hydrogens is 414 g/mol. The summed E-state index contributed by atoms with van der Waals surface area (Å²) in [6, 6.07) is 9.18. The lowest BCUT2D eigenvalue weighted by Crippen LogP contribution is -2.48. The SMILES string of the molecule is CCOc1ccccc1CCCNC(=O)C(C)N(c1ccc(F)c(F)c1)S(C)(=O)=O. The number of anilines is 1. The van der Waals surface area contributed by atoms with Gasteiger partial charge in [0, 0.05) is 12.6 Å². The minimum Gasteiger partial charge on any atom is -0.494 e. The van der Waals surface area contributed by atoms with E-state index in [1.165, 1.54) is 6.92 Å². The van der Waals surface area contributed by atoms with Crippen molar-refractivity contribution < 1.29 is 26.7 Å². The highest BCUT2D eigenvalue weighted by Crippen LogP contribution is 2.23. The Morgan fingerprint density at radius 3 is 2.50 bits per heavy atom. The highest BCUT2D eigenvalue weighted by molar-refractivity contribution is 7.92. The molecule has 0 bridgehead atoms. The summed E-state index contributed by atoms with van der Waals surface area (Å²) in [7, 11) is -3.91. The fourth-order valence-electron chi connectivity index (χ4n) is 3.08. The van der Waals surface area contributed by atoms with Gasteiger partial charge in [0.2, 0.25) is 15.9 Å². The van der Waals surface area contributed by atoms with Crippen LogP contribution in [0.1, 0.15) is 25.8 Å². The van der Waals surface area contributed by atoms with E-state index in [-0.39, 0.29) is 5.69 Å². The van der Waals surface area contributed by atoms with Crippen LogP contribution in [-0.4, -0.2) is 39.8 Å². The topological polar surface area (TPSA) is 75.7 Å². The summed E-state index contributed by atoms with van der Waals surface area (Å²) in [5.74, 6) is -2.04. The molecule has 30 heavy (non-hydrogen) atoms. The molecule has 6 nitrogen and oxygen atoms in total. The van der Waals surface area contributed by atoms with Crippen molar-refractivity contribution in [3.8, 4) is 5.75 Å². The Hall–Kier alpha value is -2.68. The fraction of sp³-hybridized carbons (Fsp3) is 0.381. The standard InChI is InChI=1S/C21H26F2N2O4S/c1-4-29-20-10-6-5-8-16(20)9-7-13-24-21(26)15(2)25(30(3,27)28)17-11-12-18(22)19(23)14-17/h5-6,8,10-12,14-15H,4,7,9,13H2,1-3H3,(H,24,26). The quantitative estimate of drug-likeness (QED) is 0.576. The monoisotopic (exact) mass is 440 g/mol. The maximum Gasteiger partial charge on any atom is 0.243 e. The third-order valence-corrected chi connectivity index (χ3v) is 5.68. The summed E-state index contributed by atoms with van der Waals surface area (Å²) in [5.41, 5.74) is 0.894. The average molecular weight is 441 g/mol. The van der Waals surface area contributed by atoms with Crippen LogP contribution in [0.25, 0.3) is 0 Å². The summed E-state index contributed by atoms with van der Waals surface area (Å²) in [4.78, 5) is 12.5. The van der Waals surface area contributed by atoms with Gasteiger partial charge in [-0.15, -0.1) is 0 Å². The molecule has 0 fully saturated rings. The zero-order valence-electron chi connectivity index (χ0n) is 17.2. The predicted molar refractivity (Wildman–Crippen MR) is 112 cm³/mol. The fourth-order valence-corrected chi connectivity index (χ4v) is 4.24. The number of nitrogens with zero attached hydrogens (tertiary/aromatic N) is 1. The second-order valence-corrected chi connectivity index (χ2v) is 8.63. The summed E-state index contributed by atoms with van der Waals surface area (Å²) in [6.45, 7) is 4.16. The molecule has 0 heterocycles. The average Bonchev–Trinajstić information content (AvgIpc) is 2.68. The van der Waals surface area contributed by atoms with Crippen molar-refractivity contribution in [1.82, 2.24) is 5.32 Å². The Labute approximate surface area is 175 Å². The van der Waals surface area contributed by atoms with Crippen molar-refractivity contribution in [3.05, 3.63) is 59.7 Å². The molecule has 0 saturated heterocycles. The summed E-state index contributed by atoms with van der Waals surface area (Å²) < 4.78 is 57.5. The van der Waals surface area contributed by atoms with Gasteiger partial charge in [-0.05, 0) is 50.5 Å². The molecule has 1 N–H and O–H groups in total. The van der Waals surface area contributed by atoms with Crippen molar-refractivity contribution in [3.63, 3.8) is 0 Å². The smallest absolute Gasteiger partial charge is 0.243 e. The maximum absolute atomic E-state index is 13.6. The molecule has 0 radical (unpaired) electrons.